The van der Waals surface area contributed by atoms with Gasteiger partial charge in [-0.15, -0.1) is 0 Å². The van der Waals surface area contributed by atoms with E-state index in [1.807, 2.05) is 12.1 Å². The van der Waals surface area contributed by atoms with Crippen LogP contribution in [0.15, 0.2) is 97.2 Å². The quantitative estimate of drug-likeness (QED) is 0.0132. The van der Waals surface area contributed by atoms with Gasteiger partial charge in [0, 0.05) is 72.5 Å². The molecule has 4 aromatic carbocycles. The van der Waals surface area contributed by atoms with E-state index in [0.717, 1.165) is 19.2 Å². The van der Waals surface area contributed by atoms with E-state index in [1.54, 1.807) is 92.7 Å². The summed E-state index contributed by atoms with van der Waals surface area (Å²) >= 11 is 9.19. The van der Waals surface area contributed by atoms with Crippen LogP contribution in [-0.2, 0) is 106 Å². The second-order valence-corrected chi connectivity index (χ2v) is 34.4. The minimum Gasteiger partial charge on any atom is -0.492 e. The van der Waals surface area contributed by atoms with E-state index in [4.69, 9.17) is 51.8 Å². The Morgan fingerprint density at radius 2 is 0.912 bits per heavy atom. The second kappa shape index (κ2) is 48.0. The molecule has 0 bridgehead atoms. The lowest BCUT2D eigenvalue weighted by molar-refractivity contribution is -0.139. The van der Waals surface area contributed by atoms with Gasteiger partial charge in [-0.2, -0.15) is 25.3 Å². The number of nitrogens with one attached hydrogen (secondary N) is 14. The number of nitrogens with two attached hydrogens (primary N) is 6. The third-order valence-corrected chi connectivity index (χ3v) is 20.8. The lowest BCUT2D eigenvalue weighted by Gasteiger charge is -2.36. The maximum atomic E-state index is 15.6. The van der Waals surface area contributed by atoms with Crippen LogP contribution in [0.3, 0.4) is 0 Å². The molecule has 0 aliphatic rings. The van der Waals surface area contributed by atoms with Crippen molar-refractivity contribution in [2.45, 2.75) is 234 Å². The first kappa shape index (κ1) is 103. The molecule has 0 aliphatic carbocycles. The van der Waals surface area contributed by atoms with Gasteiger partial charge in [0.25, 0.3) is 0 Å². The fraction of sp³-hybridized carbons (Fsp3) is 0.494. The number of benzene rings is 4. The minimum absolute atomic E-state index is 0.0486. The van der Waals surface area contributed by atoms with Gasteiger partial charge in [-0.25, -0.2) is 0 Å². The van der Waals surface area contributed by atoms with E-state index in [2.05, 4.69) is 86.7 Å². The number of aromatic nitrogens is 1. The van der Waals surface area contributed by atoms with Crippen LogP contribution in [0.4, 0.5) is 0 Å². The third kappa shape index (κ3) is 33.3. The third-order valence-electron chi connectivity index (χ3n) is 20.3. The van der Waals surface area contributed by atoms with Crippen molar-refractivity contribution < 1.29 is 96.1 Å². The molecule has 5 aromatic rings. The number of aromatic amines is 1. The smallest absolute Gasteiger partial charge is 0.246 e. The van der Waals surface area contributed by atoms with Crippen LogP contribution in [0, 0.1) is 5.92 Å². The molecule has 0 saturated heterocycles. The summed E-state index contributed by atoms with van der Waals surface area (Å²) in [4.78, 5) is 251. The molecule has 0 aliphatic heterocycles. The monoisotopic (exact) mass is 1780 g/mol. The normalized spacial score (nSPS) is 14.8. The lowest BCUT2D eigenvalue weighted by atomic mass is 9.86. The second-order valence-electron chi connectivity index (χ2n) is 32.1. The number of primary amides is 5. The topological polar surface area (TPSA) is 665 Å². The van der Waals surface area contributed by atoms with Crippen LogP contribution in [0.5, 0.6) is 5.75 Å². The number of para-hydroxylation sites is 1. The number of hydrogen-bond acceptors (Lipinski definition) is 23. The molecule has 40 nitrogen and oxygen atoms in total. The van der Waals surface area contributed by atoms with Gasteiger partial charge in [0.05, 0.1) is 25.5 Å². The first-order valence-corrected chi connectivity index (χ1v) is 41.3. The van der Waals surface area contributed by atoms with Gasteiger partial charge in [-0.1, -0.05) is 86.6 Å². The highest BCUT2D eigenvalue weighted by Crippen LogP contribution is 2.26. The zero-order valence-electron chi connectivity index (χ0n) is 71.4. The van der Waals surface area contributed by atoms with Crippen LogP contribution >= 0.6 is 25.3 Å². The fourth-order valence-corrected chi connectivity index (χ4v) is 13.4. The Kier molecular flexibility index (Phi) is 39.6. The van der Waals surface area contributed by atoms with Crippen molar-refractivity contribution in [3.05, 3.63) is 114 Å². The predicted molar refractivity (Wildman–Crippen MR) is 467 cm³/mol. The molecule has 125 heavy (non-hydrogen) atoms. The molecule has 42 heteroatoms. The van der Waals surface area contributed by atoms with Gasteiger partial charge >= 0.3 is 0 Å². The number of aliphatic hydroxyl groups is 1. The highest BCUT2D eigenvalue weighted by molar-refractivity contribution is 7.82. The number of carbonyl (C=O) groups excluding carboxylic acids is 18. The summed E-state index contributed by atoms with van der Waals surface area (Å²) in [6.07, 6.45) is -4.64. The van der Waals surface area contributed by atoms with E-state index in [-0.39, 0.29) is 57.7 Å². The molecule has 1 heterocycles. The van der Waals surface area contributed by atoms with E-state index in [9.17, 15) is 62.6 Å². The van der Waals surface area contributed by atoms with Gasteiger partial charge in [0.1, 0.15) is 84.4 Å². The number of thiol groups is 2. The number of unbranched alkanes of at least 4 members (excludes halogenated alkanes) is 1. The highest BCUT2D eigenvalue weighted by Gasteiger charge is 2.45. The average Bonchev–Trinajstić information content (AvgIpc) is 1.09. The Hall–Kier alpha value is -12.4. The Morgan fingerprint density at radius 3 is 1.46 bits per heavy atom. The largest absolute Gasteiger partial charge is 0.492 e. The van der Waals surface area contributed by atoms with Crippen LogP contribution < -0.4 is 108 Å². The Balaban J connectivity index is 1.57. The van der Waals surface area contributed by atoms with Crippen LogP contribution in [0.2, 0.25) is 0 Å². The average molecular weight is 1780 g/mol. The molecule has 5 rings (SSSR count). The molecular weight excluding hydrogens is 1660 g/mol. The Morgan fingerprint density at radius 1 is 0.456 bits per heavy atom. The molecule has 0 radical (unpaired) electrons. The number of ether oxygens (including phenoxy) is 1. The molecule has 0 saturated carbocycles. The molecule has 0 fully saturated rings. The van der Waals surface area contributed by atoms with Crippen molar-refractivity contribution in [3.63, 3.8) is 0 Å². The number of amides is 18. The number of hydrogen-bond donors (Lipinski definition) is 23. The van der Waals surface area contributed by atoms with Crippen molar-refractivity contribution in [2.24, 2.45) is 40.3 Å². The molecule has 682 valence electrons. The zero-order valence-corrected chi connectivity index (χ0v) is 73.2. The summed E-state index contributed by atoms with van der Waals surface area (Å²) in [6, 6.07) is 6.72. The Labute approximate surface area is 733 Å². The summed E-state index contributed by atoms with van der Waals surface area (Å²) < 4.78 is 2.95. The Bertz CT molecular complexity index is 4730. The number of carbonyl (C=O) groups is 18. The predicted octanol–water partition coefficient (Wildman–Crippen LogP) is -3.56. The van der Waals surface area contributed by atoms with Gasteiger partial charge in [0.2, 0.25) is 106 Å². The van der Waals surface area contributed by atoms with Gasteiger partial charge in [-0.3, -0.25) is 86.3 Å². The highest BCUT2D eigenvalue weighted by atomic mass is 32.1. The molecule has 1 aromatic heterocycles. The van der Waals surface area contributed by atoms with Gasteiger partial charge < -0.3 is 118 Å². The minimum atomic E-state index is -2.01. The van der Waals surface area contributed by atoms with E-state index < -0.39 is 232 Å². The van der Waals surface area contributed by atoms with Gasteiger partial charge in [0.15, 0.2) is 0 Å². The summed E-state index contributed by atoms with van der Waals surface area (Å²) in [6.45, 7) is 14.2. The van der Waals surface area contributed by atoms with Crippen LogP contribution in [0.1, 0.15) is 144 Å². The molecule has 13 atom stereocenters. The zero-order chi connectivity index (χ0) is 93.5. The SMILES string of the molecule is CC(=O)NCCOc1ccc(C[C@H](NC(=O)[C@@H](NC(=O)[C@H](CCC(N)=O)NC(=O)[C@H](Cc2c[nH]c3ccccc23)NC(=O)[C@@H](NC(=O)[C@H](CCC(N)=O)NC(=O)[C@@H](NC(C)=O)C(C)(C)S)[C@@H](C)O)C(C)(C)S)C(=O)N[C@@H](Cc2ccc3ccccc3c2)C(=O)N[C@](C)(C(=O)N[C@@H](CCCCN)C(=O)N[C@@H](CC(N)=O)C(=O)N[C@@H](CC(N)=O)C(N)=O)C(C)C)cc1. The van der Waals surface area contributed by atoms with Crippen molar-refractivity contribution >= 4 is 153 Å². The first-order chi connectivity index (χ1) is 58.5. The van der Waals surface area contributed by atoms with Crippen molar-refractivity contribution in [3.8, 4) is 5.75 Å². The summed E-state index contributed by atoms with van der Waals surface area (Å²) in [7, 11) is 0. The molecule has 0 spiro atoms. The van der Waals surface area contributed by atoms with E-state index in [0.29, 0.717) is 45.1 Å². The lowest BCUT2D eigenvalue weighted by Crippen LogP contribution is -2.66. The number of rotatable bonds is 52. The van der Waals surface area contributed by atoms with Gasteiger partial charge in [-0.05, 0) is 132 Å². The number of fused-ring (bicyclic) bond motifs is 2. The summed E-state index contributed by atoms with van der Waals surface area (Å²) in [5.41, 5.74) is 32.9. The van der Waals surface area contributed by atoms with Crippen molar-refractivity contribution in [1.29, 1.82) is 0 Å². The van der Waals surface area contributed by atoms with Crippen molar-refractivity contribution in [1.82, 2.24) is 74.1 Å². The maximum Gasteiger partial charge on any atom is 0.246 e. The van der Waals surface area contributed by atoms with Crippen LogP contribution in [-0.4, -0.2) is 224 Å². The molecule has 18 amide bonds. The summed E-state index contributed by atoms with van der Waals surface area (Å²) in [5.74, 6) is -18.5. The maximum absolute atomic E-state index is 15.6. The fourth-order valence-electron chi connectivity index (χ4n) is 13.0. The first-order valence-electron chi connectivity index (χ1n) is 40.4. The summed E-state index contributed by atoms with van der Waals surface area (Å²) in [5, 5.41) is 46.4. The van der Waals surface area contributed by atoms with E-state index in [1.165, 1.54) is 47.7 Å². The number of H-pyrrole nitrogens is 1. The standard InChI is InChI=1S/C83H118N20O20S2/c1-42(2)83(10,80(122)100-54(21-15-16-32-84)70(112)97-61(40-65(88)110)75(117)95-57(69(89)111)39-64(87)109)103-76(118)59(37-47-22-25-48-17-11-12-18-49(48)35-47)96-73(115)58(36-46-23-26-51(27-24-46)123-34-33-90-44(4)105)99-79(121)68(82(8,9)125)102-72(114)56(29-31-63(86)108)93-74(116)60(38-50-41-91-53-20-14-13-19-52(50)53)98-77(119)66(43(3)104)101-71(113)55(28-30-62(85)107)94-78(120)67(81(6,7)124)92-45(5)106/h11-14,17-20,22-27,35,41-43,54-61,66-68,91,104,124-125H,15-16,21,28-34,36-40,84H2,1-10H3,(H2,85,107)(H2,86,108)(H2,87,109)(H2,88,110)(H2,89,111)(H,90,105)(H,92,106)(H,93,116)(H,94,120)(H,95,117)(H,96,115)(H,97,112)(H,98,119)(H,99,121)(H,100,122)(H,101,113)(H,102,114)(H,103,118)/t43-,54+,55+,56+,57+,58+,59+,60+,61+,66+,67-,68-,83+/m1/s1. The van der Waals surface area contributed by atoms with Crippen LogP contribution in [0.25, 0.3) is 21.7 Å². The van der Waals surface area contributed by atoms with E-state index >= 15 is 28.8 Å². The number of aliphatic hydroxyl groups excluding tert-OH is 1. The molecule has 27 N–H and O–H groups in total. The van der Waals surface area contributed by atoms with Crippen molar-refractivity contribution in [2.75, 3.05) is 19.7 Å². The molecular formula is C83H118N20O20S2. The molecule has 0 unspecified atom stereocenters.